The standard InChI is InChI=1S/C43H63N5O13/c1-12-33-43(8,53)34-18-31(44-27(6)49)23(2)19-42(7,38(25(4)36(50)26(5)40(52)59-33)60-41-37(51)32(48(9)10)17-24(3)58-41)56-21-29(20-55-34)46-57-22-35-45-39(61-47-35)28-13-15-30(54-11)16-14-28/h13-16,23-26,32-34,37-38,41,51,53H,12,17-22H2,1-11H3/b44-31?,46-29-/t23-,24-,25+,26-,32+,33+,34+,37-,38-,41+,42-,43-/m1/s1. The number of aromatic nitrogens is 2. The molecule has 1 aromatic carbocycles. The maximum absolute atomic E-state index is 14.5. The number of cyclic esters (lactones) is 1. The molecular formula is C43H63N5O13. The van der Waals surface area contributed by atoms with Crippen molar-refractivity contribution in [2.75, 3.05) is 34.4 Å². The Morgan fingerprint density at radius 1 is 1.08 bits per heavy atom. The third-order valence-electron chi connectivity index (χ3n) is 12.0. The van der Waals surface area contributed by atoms with Crippen LogP contribution in [0.2, 0.25) is 0 Å². The van der Waals surface area contributed by atoms with Crippen molar-refractivity contribution in [3.8, 4) is 17.2 Å². The molecule has 3 aliphatic heterocycles. The molecule has 18 nitrogen and oxygen atoms in total. The summed E-state index contributed by atoms with van der Waals surface area (Å²) in [6.07, 6.45) is -5.29. The quantitative estimate of drug-likeness (QED) is 0.207. The molecule has 4 heterocycles. The van der Waals surface area contributed by atoms with Gasteiger partial charge >= 0.3 is 5.97 Å². The highest BCUT2D eigenvalue weighted by atomic mass is 16.7. The number of benzene rings is 1. The Kier molecular flexibility index (Phi) is 16.0. The zero-order valence-electron chi connectivity index (χ0n) is 37.2. The number of fused-ring (bicyclic) bond motifs is 5. The highest BCUT2D eigenvalue weighted by Crippen LogP contribution is 2.39. The third-order valence-corrected chi connectivity index (χ3v) is 12.0. The Morgan fingerprint density at radius 3 is 2.43 bits per heavy atom. The van der Waals surface area contributed by atoms with Crippen LogP contribution in [0.5, 0.6) is 5.75 Å². The van der Waals surface area contributed by atoms with Crippen molar-refractivity contribution < 1.29 is 62.4 Å². The highest BCUT2D eigenvalue weighted by molar-refractivity contribution is 6.00. The molecule has 2 bridgehead atoms. The fourth-order valence-electron chi connectivity index (χ4n) is 8.37. The van der Waals surface area contributed by atoms with Gasteiger partial charge in [0.25, 0.3) is 5.89 Å². The second-order valence-corrected chi connectivity index (χ2v) is 17.1. The van der Waals surface area contributed by atoms with Gasteiger partial charge in [-0.15, -0.1) is 0 Å². The zero-order chi connectivity index (χ0) is 44.8. The summed E-state index contributed by atoms with van der Waals surface area (Å²) in [5, 5.41) is 32.3. The minimum Gasteiger partial charge on any atom is -0.497 e. The zero-order valence-corrected chi connectivity index (χ0v) is 37.2. The second kappa shape index (κ2) is 20.3. The van der Waals surface area contributed by atoms with Gasteiger partial charge in [-0.3, -0.25) is 14.4 Å². The summed E-state index contributed by atoms with van der Waals surface area (Å²) < 4.78 is 42.9. The molecule has 2 aromatic rings. The minimum absolute atomic E-state index is 0.0505. The molecule has 5 rings (SSSR count). The van der Waals surface area contributed by atoms with Crippen LogP contribution in [0.1, 0.15) is 86.9 Å². The van der Waals surface area contributed by atoms with Gasteiger partial charge in [0.15, 0.2) is 18.7 Å². The number of Topliss-reactive ketones (excluding diaryl/α,β-unsaturated/α-hetero) is 1. The van der Waals surface area contributed by atoms with E-state index in [1.807, 2.05) is 32.8 Å². The molecule has 0 spiro atoms. The summed E-state index contributed by atoms with van der Waals surface area (Å²) in [6, 6.07) is 6.77. The Bertz CT molecular complexity index is 1880. The van der Waals surface area contributed by atoms with Gasteiger partial charge in [-0.2, -0.15) is 4.98 Å². The molecule has 61 heavy (non-hydrogen) atoms. The summed E-state index contributed by atoms with van der Waals surface area (Å²) in [5.41, 5.74) is -1.99. The van der Waals surface area contributed by atoms with E-state index < -0.39 is 77.3 Å². The Morgan fingerprint density at radius 2 is 1.79 bits per heavy atom. The molecule has 18 heteroatoms. The summed E-state index contributed by atoms with van der Waals surface area (Å²) in [4.78, 5) is 57.5. The topological polar surface area (TPSA) is 223 Å². The van der Waals surface area contributed by atoms with Gasteiger partial charge in [0.1, 0.15) is 35.2 Å². The molecule has 0 unspecified atom stereocenters. The van der Waals surface area contributed by atoms with Crippen LogP contribution in [0.25, 0.3) is 11.5 Å². The number of aliphatic hydroxyl groups excluding tert-OH is 1. The smallest absolute Gasteiger partial charge is 0.316 e. The lowest BCUT2D eigenvalue weighted by Crippen LogP contribution is -2.59. The van der Waals surface area contributed by atoms with Crippen LogP contribution in [0.3, 0.4) is 0 Å². The fraction of sp³-hybridized carbons (Fsp3) is 0.698. The van der Waals surface area contributed by atoms with Crippen molar-refractivity contribution >= 4 is 29.1 Å². The van der Waals surface area contributed by atoms with E-state index in [0.717, 1.165) is 0 Å². The largest absolute Gasteiger partial charge is 0.497 e. The monoisotopic (exact) mass is 857 g/mol. The molecule has 3 saturated heterocycles. The first-order valence-corrected chi connectivity index (χ1v) is 20.9. The fourth-order valence-corrected chi connectivity index (χ4v) is 8.37. The average Bonchev–Trinajstić information content (AvgIpc) is 3.69. The normalized spacial score (nSPS) is 35.9. The molecule has 12 atom stereocenters. The van der Waals surface area contributed by atoms with Gasteiger partial charge < -0.3 is 52.9 Å². The van der Waals surface area contributed by atoms with E-state index in [1.54, 1.807) is 52.1 Å². The van der Waals surface area contributed by atoms with Gasteiger partial charge in [-0.1, -0.05) is 31.1 Å². The molecule has 1 amide bonds. The van der Waals surface area contributed by atoms with Crippen molar-refractivity contribution in [3.05, 3.63) is 30.1 Å². The van der Waals surface area contributed by atoms with Crippen molar-refractivity contribution in [1.82, 2.24) is 15.0 Å². The highest BCUT2D eigenvalue weighted by Gasteiger charge is 2.51. The Balaban J connectivity index is 1.59. The molecule has 3 fully saturated rings. The van der Waals surface area contributed by atoms with Crippen molar-refractivity contribution in [1.29, 1.82) is 0 Å². The van der Waals surface area contributed by atoms with Crippen LogP contribution in [0, 0.1) is 17.8 Å². The van der Waals surface area contributed by atoms with Crippen LogP contribution in [0.4, 0.5) is 0 Å². The first kappa shape index (κ1) is 47.9. The van der Waals surface area contributed by atoms with Crippen molar-refractivity contribution in [2.24, 2.45) is 27.9 Å². The maximum atomic E-state index is 14.5. The number of carbonyl (C=O) groups excluding carboxylic acids is 3. The summed E-state index contributed by atoms with van der Waals surface area (Å²) in [7, 11) is 5.28. The third kappa shape index (κ3) is 11.5. The molecule has 338 valence electrons. The number of oxime groups is 1. The van der Waals surface area contributed by atoms with Crippen LogP contribution in [-0.2, 0) is 49.5 Å². The number of amides is 1. The van der Waals surface area contributed by atoms with Gasteiger partial charge in [0.2, 0.25) is 11.7 Å². The first-order valence-electron chi connectivity index (χ1n) is 20.9. The van der Waals surface area contributed by atoms with Gasteiger partial charge in [0, 0.05) is 36.6 Å². The summed E-state index contributed by atoms with van der Waals surface area (Å²) in [6.45, 7) is 12.5. The first-order chi connectivity index (χ1) is 28.8. The Labute approximate surface area is 357 Å². The van der Waals surface area contributed by atoms with E-state index in [4.69, 9.17) is 37.8 Å². The second-order valence-electron chi connectivity index (χ2n) is 17.1. The molecule has 0 saturated carbocycles. The van der Waals surface area contributed by atoms with Gasteiger partial charge in [0.05, 0.1) is 44.2 Å². The van der Waals surface area contributed by atoms with Gasteiger partial charge in [-0.25, -0.2) is 4.99 Å². The number of hydrogen-bond acceptors (Lipinski definition) is 17. The lowest BCUT2D eigenvalue weighted by molar-refractivity contribution is -0.296. The molecule has 0 radical (unpaired) electrons. The SMILES string of the molecule is CC[C@@H]1OC(=O)[C@H](C)C(=O)[C@H](C)[C@@H](O[C@@H]2O[C@H](C)C[C@H](N(C)C)[C@H]2O)[C@@]2(C)C[C@@H](C)C(=NC(C)=O)C[C@H](OC/C(=N/OCc3noc(-c4ccc(OC)cc4)n3)CO2)[C@]1(C)O. The number of ether oxygens (including phenoxy) is 6. The predicted octanol–water partition coefficient (Wildman–Crippen LogP) is 3.93. The molecule has 1 aromatic heterocycles. The van der Waals surface area contributed by atoms with E-state index >= 15 is 0 Å². The number of aliphatic imine (C=N–C) groups is 1. The maximum Gasteiger partial charge on any atom is 0.316 e. The van der Waals surface area contributed by atoms with Crippen LogP contribution in [-0.4, -0.2) is 143 Å². The van der Waals surface area contributed by atoms with E-state index in [-0.39, 0.29) is 68.7 Å². The molecule has 2 N–H and O–H groups in total. The van der Waals surface area contributed by atoms with E-state index in [0.29, 0.717) is 23.4 Å². The number of likely N-dealkylation sites (N-methyl/N-ethyl adjacent to an activating group) is 1. The van der Waals surface area contributed by atoms with Crippen molar-refractivity contribution in [3.63, 3.8) is 0 Å². The predicted molar refractivity (Wildman–Crippen MR) is 221 cm³/mol. The number of aliphatic hydroxyl groups is 2. The lowest BCUT2D eigenvalue weighted by Gasteiger charge is -2.47. The van der Waals surface area contributed by atoms with Crippen LogP contribution >= 0.6 is 0 Å². The Hall–Kier alpha value is -4.17. The number of methoxy groups -OCH3 is 1. The van der Waals surface area contributed by atoms with Crippen LogP contribution in [0.15, 0.2) is 38.9 Å². The average molecular weight is 858 g/mol. The number of carbonyl (C=O) groups is 3. The summed E-state index contributed by atoms with van der Waals surface area (Å²) >= 11 is 0. The minimum atomic E-state index is -1.85. The molecule has 3 aliphatic rings. The van der Waals surface area contributed by atoms with E-state index in [1.165, 1.54) is 20.8 Å². The van der Waals surface area contributed by atoms with Gasteiger partial charge in [-0.05, 0) is 91.2 Å². The molecular weight excluding hydrogens is 794 g/mol. The number of esters is 1. The number of ketones is 1. The number of hydrogen-bond donors (Lipinski definition) is 2. The molecule has 0 aliphatic carbocycles. The lowest BCUT2D eigenvalue weighted by atomic mass is 9.76. The van der Waals surface area contributed by atoms with E-state index in [2.05, 4.69) is 20.3 Å². The summed E-state index contributed by atoms with van der Waals surface area (Å²) in [5.74, 6) is -3.54. The van der Waals surface area contributed by atoms with Crippen LogP contribution < -0.4 is 4.74 Å². The number of nitrogens with zero attached hydrogens (tertiary/aromatic N) is 5. The van der Waals surface area contributed by atoms with E-state index in [9.17, 15) is 24.6 Å². The van der Waals surface area contributed by atoms with Crippen molar-refractivity contribution in [2.45, 2.75) is 142 Å². The number of rotatable bonds is 9.